The van der Waals surface area contributed by atoms with Crippen molar-refractivity contribution in [1.29, 1.82) is 0 Å². The van der Waals surface area contributed by atoms with Gasteiger partial charge in [0.2, 0.25) is 0 Å². The molecule has 1 saturated carbocycles. The highest BCUT2D eigenvalue weighted by atomic mass is 16.3. The maximum atomic E-state index is 10.6. The molecule has 0 aromatic carbocycles. The molecule has 1 fully saturated rings. The van der Waals surface area contributed by atoms with E-state index in [0.29, 0.717) is 30.4 Å². The molecule has 0 saturated heterocycles. The van der Waals surface area contributed by atoms with Crippen LogP contribution in [-0.4, -0.2) is 21.9 Å². The third kappa shape index (κ3) is 3.12. The highest BCUT2D eigenvalue weighted by molar-refractivity contribution is 5.30. The first kappa shape index (κ1) is 11.3. The van der Waals surface area contributed by atoms with Gasteiger partial charge in [0.1, 0.15) is 0 Å². The third-order valence-electron chi connectivity index (χ3n) is 4.90. The Morgan fingerprint density at radius 3 is 2.70 bits per heavy atom. The summed E-state index contributed by atoms with van der Waals surface area (Å²) in [5, 5.41) is 21.1. The van der Waals surface area contributed by atoms with Crippen molar-refractivity contribution < 1.29 is 15.7 Å². The summed E-state index contributed by atoms with van der Waals surface area (Å²) in [6, 6.07) is 0. The molecule has 0 amide bonds. The van der Waals surface area contributed by atoms with E-state index in [1.807, 2.05) is 13.8 Å². The quantitative estimate of drug-likeness (QED) is 0.759. The van der Waals surface area contributed by atoms with Gasteiger partial charge in [-0.05, 0) is 75.6 Å². The fourth-order valence-electron chi connectivity index (χ4n) is 3.41. The van der Waals surface area contributed by atoms with Crippen LogP contribution in [0.4, 0.5) is 0 Å². The predicted octanol–water partition coefficient (Wildman–Crippen LogP) is 4.21. The maximum absolute atomic E-state index is 10.6. The zero-order chi connectivity index (χ0) is 18.6. The number of allylic oxidation sites excluding steroid dienone is 1. The molecule has 2 aliphatic rings. The highest BCUT2D eigenvalue weighted by Crippen LogP contribution is 2.53. The smallest absolute Gasteiger partial charge is 0.0753 e. The average molecular weight is 284 g/mol. The van der Waals surface area contributed by atoms with Crippen molar-refractivity contribution in [3.63, 3.8) is 0 Å². The first-order valence-electron chi connectivity index (χ1n) is 9.92. The van der Waals surface area contributed by atoms with Gasteiger partial charge in [-0.25, -0.2) is 0 Å². The summed E-state index contributed by atoms with van der Waals surface area (Å²) in [4.78, 5) is 0. The van der Waals surface area contributed by atoms with Gasteiger partial charge in [-0.3, -0.25) is 0 Å². The van der Waals surface area contributed by atoms with Gasteiger partial charge in [-0.15, -0.1) is 0 Å². The van der Waals surface area contributed by atoms with Crippen molar-refractivity contribution in [2.75, 3.05) is 0 Å². The summed E-state index contributed by atoms with van der Waals surface area (Å²) >= 11 is 0. The van der Waals surface area contributed by atoms with Crippen molar-refractivity contribution in [3.8, 4) is 0 Å². The van der Waals surface area contributed by atoms with Crippen LogP contribution < -0.4 is 0 Å². The molecule has 0 spiro atoms. The van der Waals surface area contributed by atoms with E-state index in [9.17, 15) is 10.2 Å². The third-order valence-corrected chi connectivity index (χ3v) is 4.90. The molecule has 2 aliphatic carbocycles. The molecule has 0 aromatic rings. The van der Waals surface area contributed by atoms with Crippen molar-refractivity contribution in [2.24, 2.45) is 11.3 Å². The Bertz CT molecular complexity index is 522. The molecule has 2 nitrogen and oxygen atoms in total. The molecule has 20 heavy (non-hydrogen) atoms. The Balaban J connectivity index is 2.64. The number of unbranched alkanes of at least 4 members (excludes halogenated alkanes) is 1. The van der Waals surface area contributed by atoms with E-state index in [2.05, 4.69) is 0 Å². The number of fused-ring (bicyclic) bond motifs is 1. The van der Waals surface area contributed by atoms with E-state index in [4.69, 9.17) is 5.48 Å². The number of aliphatic hydroxyl groups excluding tert-OH is 1. The lowest BCUT2D eigenvalue weighted by Gasteiger charge is -2.48. The lowest BCUT2D eigenvalue weighted by atomic mass is 9.59. The monoisotopic (exact) mass is 284 g/mol. The zero-order valence-electron chi connectivity index (χ0n) is 17.3. The van der Waals surface area contributed by atoms with E-state index in [-0.39, 0.29) is 6.42 Å². The second kappa shape index (κ2) is 5.81. The summed E-state index contributed by atoms with van der Waals surface area (Å²) < 4.78 is 34.1. The maximum Gasteiger partial charge on any atom is 0.0753 e. The van der Waals surface area contributed by atoms with Crippen molar-refractivity contribution >= 4 is 0 Å². The Kier molecular flexibility index (Phi) is 3.27. The Hall–Kier alpha value is -0.340. The van der Waals surface area contributed by atoms with Crippen molar-refractivity contribution in [1.82, 2.24) is 0 Å². The Labute approximate surface area is 129 Å². The van der Waals surface area contributed by atoms with Gasteiger partial charge in [0.25, 0.3) is 0 Å². The largest absolute Gasteiger partial charge is 0.390 e. The van der Waals surface area contributed by atoms with Crippen LogP contribution in [0.5, 0.6) is 0 Å². The van der Waals surface area contributed by atoms with E-state index >= 15 is 0 Å². The van der Waals surface area contributed by atoms with Gasteiger partial charge in [-0.2, -0.15) is 0 Å². The van der Waals surface area contributed by atoms with E-state index < -0.39 is 35.8 Å². The van der Waals surface area contributed by atoms with Gasteiger partial charge in [0.05, 0.1) is 11.7 Å². The fourth-order valence-corrected chi connectivity index (χ4v) is 3.41. The standard InChI is InChI=1S/C18H32O2/c1-5-6-7-14-15-12-13(17(2,3)20)8-10-18(15,4)11-9-16(14)19/h13,16,19-20H,5-12H2,1-4H3/t13-,16?,18-/m1/s1/i9D2,12D2. The normalized spacial score (nSPS) is 43.1. The summed E-state index contributed by atoms with van der Waals surface area (Å²) in [6.07, 6.45) is -1.24. The highest BCUT2D eigenvalue weighted by Gasteiger charge is 2.44. The summed E-state index contributed by atoms with van der Waals surface area (Å²) in [5.41, 5.74) is -0.661. The average Bonchev–Trinajstić information content (AvgIpc) is 2.37. The van der Waals surface area contributed by atoms with Crippen LogP contribution in [0.3, 0.4) is 0 Å². The Morgan fingerprint density at radius 1 is 1.40 bits per heavy atom. The minimum Gasteiger partial charge on any atom is -0.390 e. The van der Waals surface area contributed by atoms with Crippen LogP contribution in [0.25, 0.3) is 0 Å². The molecule has 1 unspecified atom stereocenters. The van der Waals surface area contributed by atoms with Gasteiger partial charge in [0.15, 0.2) is 0 Å². The van der Waals surface area contributed by atoms with Crippen LogP contribution in [-0.2, 0) is 0 Å². The number of rotatable bonds is 4. The molecule has 3 atom stereocenters. The minimum atomic E-state index is -1.74. The van der Waals surface area contributed by atoms with Gasteiger partial charge < -0.3 is 10.2 Å². The van der Waals surface area contributed by atoms with E-state index in [1.165, 1.54) is 0 Å². The lowest BCUT2D eigenvalue weighted by Crippen LogP contribution is -2.41. The first-order chi connectivity index (χ1) is 10.8. The van der Waals surface area contributed by atoms with E-state index in [1.54, 1.807) is 13.8 Å². The van der Waals surface area contributed by atoms with Crippen molar-refractivity contribution in [2.45, 2.75) is 90.7 Å². The number of aliphatic hydroxyl groups is 2. The van der Waals surface area contributed by atoms with Crippen LogP contribution in [0.15, 0.2) is 11.1 Å². The van der Waals surface area contributed by atoms with E-state index in [0.717, 1.165) is 12.8 Å². The van der Waals surface area contributed by atoms with Crippen molar-refractivity contribution in [3.05, 3.63) is 11.1 Å². The molecule has 0 aliphatic heterocycles. The minimum absolute atomic E-state index is 0.129. The molecule has 116 valence electrons. The molecule has 0 heterocycles. The van der Waals surface area contributed by atoms with Gasteiger partial charge in [0, 0.05) is 5.48 Å². The van der Waals surface area contributed by atoms with Crippen LogP contribution in [0.1, 0.15) is 84.4 Å². The molecule has 2 heteroatoms. The lowest BCUT2D eigenvalue weighted by molar-refractivity contribution is -0.00760. The predicted molar refractivity (Wildman–Crippen MR) is 83.5 cm³/mol. The molecule has 0 bridgehead atoms. The molecule has 2 N–H and O–H groups in total. The molecule has 0 aromatic heterocycles. The molecular formula is C18H32O2. The summed E-state index contributed by atoms with van der Waals surface area (Å²) in [7, 11) is 0. The molecule has 2 rings (SSSR count). The topological polar surface area (TPSA) is 40.5 Å². The number of hydrogen-bond donors (Lipinski definition) is 2. The molecule has 0 radical (unpaired) electrons. The molecular weight excluding hydrogens is 248 g/mol. The number of hydrogen-bond acceptors (Lipinski definition) is 2. The zero-order valence-corrected chi connectivity index (χ0v) is 13.3. The van der Waals surface area contributed by atoms with Gasteiger partial charge >= 0.3 is 0 Å². The summed E-state index contributed by atoms with van der Waals surface area (Å²) in [6.45, 7) is 7.24. The first-order valence-corrected chi connectivity index (χ1v) is 7.92. The SMILES string of the molecule is [2H]C1([2H])C[C@@]2(C)CC[C@@H](C(C)(C)O)C([2H])([2H])C2=C(CCCC)C1O. The fraction of sp³-hybridized carbons (Fsp3) is 0.889. The summed E-state index contributed by atoms with van der Waals surface area (Å²) in [5.74, 6) is -0.555. The van der Waals surface area contributed by atoms with Crippen LogP contribution in [0, 0.1) is 11.3 Å². The second-order valence-electron chi connectivity index (χ2n) is 7.24. The van der Waals surface area contributed by atoms with Crippen LogP contribution >= 0.6 is 0 Å². The Morgan fingerprint density at radius 2 is 2.10 bits per heavy atom. The van der Waals surface area contributed by atoms with Gasteiger partial charge in [-0.1, -0.05) is 25.8 Å². The second-order valence-corrected chi connectivity index (χ2v) is 7.24. The van der Waals surface area contributed by atoms with Crippen LogP contribution in [0.2, 0.25) is 0 Å².